The summed E-state index contributed by atoms with van der Waals surface area (Å²) < 4.78 is 13.5. The third-order valence-electron chi connectivity index (χ3n) is 4.38. The molecule has 5 heteroatoms. The smallest absolute Gasteiger partial charge is 0.205 e. The molecule has 0 saturated heterocycles. The third-order valence-corrected chi connectivity index (χ3v) is 5.65. The highest BCUT2D eigenvalue weighted by molar-refractivity contribution is 9.10. The third kappa shape index (κ3) is 6.86. The molecule has 2 aromatic rings. The summed E-state index contributed by atoms with van der Waals surface area (Å²) in [5, 5.41) is 0. The van der Waals surface area contributed by atoms with Gasteiger partial charge in [0.05, 0.1) is 6.61 Å². The van der Waals surface area contributed by atoms with Gasteiger partial charge in [-0.15, -0.1) is 0 Å². The highest BCUT2D eigenvalue weighted by atomic mass is 79.9. The van der Waals surface area contributed by atoms with Crippen molar-refractivity contribution in [3.05, 3.63) is 58.8 Å². The first-order valence-corrected chi connectivity index (χ1v) is 12.2. The van der Waals surface area contributed by atoms with Crippen LogP contribution in [0.25, 0.3) is 0 Å². The van der Waals surface area contributed by atoms with Crippen molar-refractivity contribution in [3.8, 4) is 5.75 Å². The summed E-state index contributed by atoms with van der Waals surface area (Å²) in [5.41, 5.74) is 1.31. The van der Waals surface area contributed by atoms with Gasteiger partial charge in [0.25, 0.3) is 0 Å². The standard InChI is InChI=1S/C21H29BrNO2Si/c1-21(2,3)19(13-16-7-6-12-23-14-16)20(15-24-26(4)5)25-18-10-8-17(22)9-11-18/h6-12,14,19-20H,13,15H2,1-5H3/t19?,20-/m0/s1. The van der Waals surface area contributed by atoms with Crippen LogP contribution in [0.4, 0.5) is 0 Å². The van der Waals surface area contributed by atoms with Gasteiger partial charge in [-0.25, -0.2) is 0 Å². The second kappa shape index (κ2) is 9.67. The van der Waals surface area contributed by atoms with Crippen LogP contribution in [0.3, 0.4) is 0 Å². The van der Waals surface area contributed by atoms with Crippen molar-refractivity contribution < 1.29 is 9.16 Å². The molecule has 0 fully saturated rings. The molecular weight excluding hydrogens is 406 g/mol. The molecular formula is C21H29BrNO2Si. The van der Waals surface area contributed by atoms with Gasteiger partial charge in [0.1, 0.15) is 11.9 Å². The van der Waals surface area contributed by atoms with Crippen molar-refractivity contribution >= 4 is 25.0 Å². The first-order chi connectivity index (χ1) is 12.3. The molecule has 1 aromatic carbocycles. The Morgan fingerprint density at radius 2 is 1.81 bits per heavy atom. The Bertz CT molecular complexity index is 656. The van der Waals surface area contributed by atoms with Crippen molar-refractivity contribution in [2.75, 3.05) is 6.61 Å². The number of ether oxygens (including phenoxy) is 1. The van der Waals surface area contributed by atoms with E-state index in [9.17, 15) is 0 Å². The summed E-state index contributed by atoms with van der Waals surface area (Å²) >= 11 is 3.48. The first kappa shape index (κ1) is 21.1. The Hall–Kier alpha value is -1.17. The molecule has 0 amide bonds. The van der Waals surface area contributed by atoms with E-state index in [0.717, 1.165) is 16.6 Å². The molecule has 0 aliphatic heterocycles. The summed E-state index contributed by atoms with van der Waals surface area (Å²) in [7, 11) is -0.778. The molecule has 2 rings (SSSR count). The van der Waals surface area contributed by atoms with Crippen LogP contribution >= 0.6 is 15.9 Å². The normalized spacial score (nSPS) is 14.3. The van der Waals surface area contributed by atoms with Gasteiger partial charge in [-0.05, 0) is 60.8 Å². The number of hydrogen-bond acceptors (Lipinski definition) is 3. The summed E-state index contributed by atoms with van der Waals surface area (Å²) in [6, 6.07) is 12.2. The number of benzene rings is 1. The molecule has 1 heterocycles. The zero-order chi connectivity index (χ0) is 19.2. The van der Waals surface area contributed by atoms with Crippen LogP contribution in [0.1, 0.15) is 26.3 Å². The minimum atomic E-state index is -0.778. The molecule has 2 atom stereocenters. The van der Waals surface area contributed by atoms with E-state index in [4.69, 9.17) is 9.16 Å². The van der Waals surface area contributed by atoms with Gasteiger partial charge in [0, 0.05) is 22.8 Å². The molecule has 0 N–H and O–H groups in total. The fraction of sp³-hybridized carbons (Fsp3) is 0.476. The van der Waals surface area contributed by atoms with Gasteiger partial charge in [0.15, 0.2) is 0 Å². The lowest BCUT2D eigenvalue weighted by molar-refractivity contribution is 0.0265. The Morgan fingerprint density at radius 3 is 2.35 bits per heavy atom. The first-order valence-electron chi connectivity index (χ1n) is 9.00. The van der Waals surface area contributed by atoms with E-state index in [1.807, 2.05) is 42.7 Å². The highest BCUT2D eigenvalue weighted by Gasteiger charge is 2.34. The molecule has 0 saturated carbocycles. The number of halogens is 1. The maximum Gasteiger partial charge on any atom is 0.205 e. The van der Waals surface area contributed by atoms with Crippen molar-refractivity contribution in [2.45, 2.75) is 46.4 Å². The lowest BCUT2D eigenvalue weighted by Crippen LogP contribution is -2.41. The molecule has 0 aliphatic carbocycles. The van der Waals surface area contributed by atoms with Crippen LogP contribution in [0.15, 0.2) is 53.3 Å². The molecule has 0 bridgehead atoms. The molecule has 1 aromatic heterocycles. The summed E-state index contributed by atoms with van der Waals surface area (Å²) in [5.74, 6) is 1.18. The molecule has 0 spiro atoms. The Balaban J connectivity index is 2.25. The van der Waals surface area contributed by atoms with E-state index in [2.05, 4.69) is 60.8 Å². The predicted molar refractivity (Wildman–Crippen MR) is 113 cm³/mol. The summed E-state index contributed by atoms with van der Waals surface area (Å²) in [6.45, 7) is 11.8. The van der Waals surface area contributed by atoms with Gasteiger partial charge in [-0.1, -0.05) is 42.8 Å². The molecule has 1 unspecified atom stereocenters. The van der Waals surface area contributed by atoms with Crippen LogP contribution in [0.2, 0.25) is 13.1 Å². The number of pyridine rings is 1. The van der Waals surface area contributed by atoms with Gasteiger partial charge in [-0.3, -0.25) is 4.98 Å². The predicted octanol–water partition coefficient (Wildman–Crippen LogP) is 5.76. The fourth-order valence-electron chi connectivity index (χ4n) is 2.94. The van der Waals surface area contributed by atoms with Crippen LogP contribution in [-0.2, 0) is 10.8 Å². The van der Waals surface area contributed by atoms with Crippen LogP contribution in [0.5, 0.6) is 5.75 Å². The van der Waals surface area contributed by atoms with E-state index in [1.54, 1.807) is 0 Å². The van der Waals surface area contributed by atoms with Crippen molar-refractivity contribution in [2.24, 2.45) is 11.3 Å². The minimum Gasteiger partial charge on any atom is -0.488 e. The highest BCUT2D eigenvalue weighted by Crippen LogP contribution is 2.34. The largest absolute Gasteiger partial charge is 0.488 e. The lowest BCUT2D eigenvalue weighted by Gasteiger charge is -2.37. The molecule has 26 heavy (non-hydrogen) atoms. The maximum atomic E-state index is 6.43. The lowest BCUT2D eigenvalue weighted by atomic mass is 9.74. The maximum absolute atomic E-state index is 6.43. The fourth-order valence-corrected chi connectivity index (χ4v) is 3.70. The number of rotatable bonds is 8. The van der Waals surface area contributed by atoms with Crippen molar-refractivity contribution in [1.29, 1.82) is 0 Å². The Kier molecular flexibility index (Phi) is 7.86. The zero-order valence-corrected chi connectivity index (χ0v) is 18.9. The topological polar surface area (TPSA) is 31.4 Å². The zero-order valence-electron chi connectivity index (χ0n) is 16.3. The summed E-state index contributed by atoms with van der Waals surface area (Å²) in [4.78, 5) is 4.27. The van der Waals surface area contributed by atoms with Gasteiger partial charge in [0.2, 0.25) is 9.04 Å². The van der Waals surface area contributed by atoms with Crippen molar-refractivity contribution in [3.63, 3.8) is 0 Å². The number of nitrogens with zero attached hydrogens (tertiary/aromatic N) is 1. The second-order valence-corrected chi connectivity index (χ2v) is 10.9. The monoisotopic (exact) mass is 434 g/mol. The minimum absolute atomic E-state index is 0.0173. The number of hydrogen-bond donors (Lipinski definition) is 0. The molecule has 3 nitrogen and oxygen atoms in total. The van der Waals surface area contributed by atoms with Gasteiger partial charge in [-0.2, -0.15) is 0 Å². The average Bonchev–Trinajstić information content (AvgIpc) is 2.58. The van der Waals surface area contributed by atoms with Crippen LogP contribution in [0, 0.1) is 11.3 Å². The van der Waals surface area contributed by atoms with E-state index < -0.39 is 9.04 Å². The van der Waals surface area contributed by atoms with E-state index in [0.29, 0.717) is 12.5 Å². The van der Waals surface area contributed by atoms with Gasteiger partial charge < -0.3 is 9.16 Å². The quantitative estimate of drug-likeness (QED) is 0.494. The van der Waals surface area contributed by atoms with E-state index in [1.165, 1.54) is 5.56 Å². The average molecular weight is 435 g/mol. The van der Waals surface area contributed by atoms with Crippen LogP contribution < -0.4 is 4.74 Å². The van der Waals surface area contributed by atoms with Crippen molar-refractivity contribution in [1.82, 2.24) is 4.98 Å². The van der Waals surface area contributed by atoms with E-state index >= 15 is 0 Å². The SMILES string of the molecule is C[Si](C)OC[C@H](Oc1ccc(Br)cc1)C(Cc1cccnc1)C(C)(C)C. The molecule has 141 valence electrons. The molecule has 1 radical (unpaired) electrons. The summed E-state index contributed by atoms with van der Waals surface area (Å²) in [6.07, 6.45) is 4.66. The Labute approximate surface area is 168 Å². The number of aromatic nitrogens is 1. The second-order valence-electron chi connectivity index (χ2n) is 7.87. The van der Waals surface area contributed by atoms with Crippen LogP contribution in [-0.4, -0.2) is 26.7 Å². The van der Waals surface area contributed by atoms with E-state index in [-0.39, 0.29) is 11.5 Å². The molecule has 0 aliphatic rings. The van der Waals surface area contributed by atoms with Gasteiger partial charge >= 0.3 is 0 Å². The Morgan fingerprint density at radius 1 is 1.12 bits per heavy atom.